The van der Waals surface area contributed by atoms with Gasteiger partial charge in [0.05, 0.1) is 6.42 Å². The van der Waals surface area contributed by atoms with Crippen LogP contribution in [0, 0.1) is 0 Å². The number of ether oxygens (including phenoxy) is 1. The minimum absolute atomic E-state index is 0.199. The van der Waals surface area contributed by atoms with Gasteiger partial charge in [0.25, 0.3) is 0 Å². The molecule has 0 heterocycles. The number of esters is 1. The van der Waals surface area contributed by atoms with Crippen molar-refractivity contribution in [3.05, 3.63) is 35.9 Å². The topological polar surface area (TPSA) is 52.3 Å². The zero-order valence-electron chi connectivity index (χ0n) is 8.27. The summed E-state index contributed by atoms with van der Waals surface area (Å²) in [5.41, 5.74) is 6.24. The summed E-state index contributed by atoms with van der Waals surface area (Å²) in [7, 11) is 0. The molecule has 2 N–H and O–H groups in total. The Morgan fingerprint density at radius 2 is 2.07 bits per heavy atom. The van der Waals surface area contributed by atoms with E-state index in [-0.39, 0.29) is 18.5 Å². The van der Waals surface area contributed by atoms with Gasteiger partial charge >= 0.3 is 5.97 Å². The molecule has 0 saturated carbocycles. The zero-order chi connectivity index (χ0) is 10.4. The van der Waals surface area contributed by atoms with E-state index in [1.165, 1.54) is 0 Å². The van der Waals surface area contributed by atoms with Crippen molar-refractivity contribution in [3.8, 4) is 0 Å². The molecule has 0 amide bonds. The molecule has 0 aromatic heterocycles. The fraction of sp³-hybridized carbons (Fsp3) is 0.364. The Hall–Kier alpha value is -1.35. The van der Waals surface area contributed by atoms with Gasteiger partial charge in [-0.25, -0.2) is 0 Å². The molecule has 0 saturated heterocycles. The molecular weight excluding hydrogens is 178 g/mol. The van der Waals surface area contributed by atoms with Crippen molar-refractivity contribution < 1.29 is 9.53 Å². The van der Waals surface area contributed by atoms with Gasteiger partial charge in [-0.2, -0.15) is 0 Å². The summed E-state index contributed by atoms with van der Waals surface area (Å²) in [6.45, 7) is 2.18. The Morgan fingerprint density at radius 1 is 1.43 bits per heavy atom. The van der Waals surface area contributed by atoms with Crippen molar-refractivity contribution in [2.75, 3.05) is 6.54 Å². The fourth-order valence-electron chi connectivity index (χ4n) is 1.17. The van der Waals surface area contributed by atoms with Crippen LogP contribution >= 0.6 is 0 Å². The van der Waals surface area contributed by atoms with Crippen molar-refractivity contribution >= 4 is 5.97 Å². The molecule has 1 rings (SSSR count). The minimum atomic E-state index is -0.246. The van der Waals surface area contributed by atoms with E-state index in [4.69, 9.17) is 10.5 Å². The maximum absolute atomic E-state index is 11.1. The molecule has 1 aromatic rings. The summed E-state index contributed by atoms with van der Waals surface area (Å²) < 4.78 is 5.16. The summed E-state index contributed by atoms with van der Waals surface area (Å²) in [5, 5.41) is 0. The monoisotopic (exact) mass is 193 g/mol. The first kappa shape index (κ1) is 10.7. The third-order valence-electron chi connectivity index (χ3n) is 1.93. The van der Waals surface area contributed by atoms with Gasteiger partial charge in [-0.05, 0) is 12.5 Å². The number of carbonyl (C=O) groups is 1. The van der Waals surface area contributed by atoms with Crippen molar-refractivity contribution in [1.29, 1.82) is 0 Å². The number of hydrogen-bond donors (Lipinski definition) is 1. The SMILES string of the molecule is CC(OC(=O)CCN)c1ccccc1. The van der Waals surface area contributed by atoms with Gasteiger partial charge < -0.3 is 10.5 Å². The quantitative estimate of drug-likeness (QED) is 0.739. The Bertz CT molecular complexity index is 285. The molecule has 0 aliphatic heterocycles. The van der Waals surface area contributed by atoms with Crippen LogP contribution in [0.1, 0.15) is 25.0 Å². The van der Waals surface area contributed by atoms with Crippen LogP contribution in [0.2, 0.25) is 0 Å². The molecule has 0 aliphatic rings. The summed E-state index contributed by atoms with van der Waals surface area (Å²) >= 11 is 0. The van der Waals surface area contributed by atoms with E-state index in [2.05, 4.69) is 0 Å². The van der Waals surface area contributed by atoms with Gasteiger partial charge in [-0.3, -0.25) is 4.79 Å². The van der Waals surface area contributed by atoms with E-state index in [9.17, 15) is 4.79 Å². The average Bonchev–Trinajstić information content (AvgIpc) is 2.19. The first-order valence-electron chi connectivity index (χ1n) is 4.68. The van der Waals surface area contributed by atoms with Crippen LogP contribution in [0.5, 0.6) is 0 Å². The number of benzene rings is 1. The van der Waals surface area contributed by atoms with Crippen molar-refractivity contribution in [3.63, 3.8) is 0 Å². The highest BCUT2D eigenvalue weighted by Crippen LogP contribution is 2.16. The molecule has 76 valence electrons. The van der Waals surface area contributed by atoms with Crippen LogP contribution < -0.4 is 5.73 Å². The lowest BCUT2D eigenvalue weighted by Gasteiger charge is -2.12. The molecule has 0 aliphatic carbocycles. The number of hydrogen-bond acceptors (Lipinski definition) is 3. The third-order valence-corrected chi connectivity index (χ3v) is 1.93. The Kier molecular flexibility index (Phi) is 4.13. The zero-order valence-corrected chi connectivity index (χ0v) is 8.27. The lowest BCUT2D eigenvalue weighted by molar-refractivity contribution is -0.148. The molecule has 14 heavy (non-hydrogen) atoms. The van der Waals surface area contributed by atoms with Gasteiger partial charge in [0, 0.05) is 6.54 Å². The second kappa shape index (κ2) is 5.40. The smallest absolute Gasteiger partial charge is 0.307 e. The van der Waals surface area contributed by atoms with Gasteiger partial charge in [-0.1, -0.05) is 30.3 Å². The standard InChI is InChI=1S/C11H15NO2/c1-9(14-11(13)7-8-12)10-5-3-2-4-6-10/h2-6,9H,7-8,12H2,1H3. The van der Waals surface area contributed by atoms with E-state index < -0.39 is 0 Å². The first-order valence-corrected chi connectivity index (χ1v) is 4.68. The minimum Gasteiger partial charge on any atom is -0.458 e. The summed E-state index contributed by atoms with van der Waals surface area (Å²) in [5.74, 6) is -0.246. The normalized spacial score (nSPS) is 12.1. The predicted octanol–water partition coefficient (Wildman–Crippen LogP) is 1.64. The average molecular weight is 193 g/mol. The van der Waals surface area contributed by atoms with E-state index in [0.717, 1.165) is 5.56 Å². The van der Waals surface area contributed by atoms with Crippen LogP contribution in [0.3, 0.4) is 0 Å². The van der Waals surface area contributed by atoms with Crippen molar-refractivity contribution in [2.45, 2.75) is 19.4 Å². The molecule has 3 heteroatoms. The maximum Gasteiger partial charge on any atom is 0.307 e. The highest BCUT2D eigenvalue weighted by Gasteiger charge is 2.09. The fourth-order valence-corrected chi connectivity index (χ4v) is 1.17. The second-order valence-corrected chi connectivity index (χ2v) is 3.08. The molecule has 0 fully saturated rings. The molecule has 0 bridgehead atoms. The Balaban J connectivity index is 2.50. The van der Waals surface area contributed by atoms with Gasteiger partial charge in [0.2, 0.25) is 0 Å². The lowest BCUT2D eigenvalue weighted by Crippen LogP contribution is -2.13. The van der Waals surface area contributed by atoms with Crippen LogP contribution in [-0.2, 0) is 9.53 Å². The first-order chi connectivity index (χ1) is 6.74. The number of nitrogens with two attached hydrogens (primary N) is 1. The molecule has 0 spiro atoms. The second-order valence-electron chi connectivity index (χ2n) is 3.08. The van der Waals surface area contributed by atoms with Crippen molar-refractivity contribution in [1.82, 2.24) is 0 Å². The van der Waals surface area contributed by atoms with Gasteiger partial charge in [0.1, 0.15) is 6.10 Å². The maximum atomic E-state index is 11.1. The predicted molar refractivity (Wildman–Crippen MR) is 54.6 cm³/mol. The largest absolute Gasteiger partial charge is 0.458 e. The van der Waals surface area contributed by atoms with Crippen molar-refractivity contribution in [2.24, 2.45) is 5.73 Å². The summed E-state index contributed by atoms with van der Waals surface area (Å²) in [4.78, 5) is 11.1. The summed E-state index contributed by atoms with van der Waals surface area (Å²) in [6.07, 6.45) is 0.0761. The summed E-state index contributed by atoms with van der Waals surface area (Å²) in [6, 6.07) is 9.63. The molecule has 1 aromatic carbocycles. The molecular formula is C11H15NO2. The van der Waals surface area contributed by atoms with Crippen LogP contribution in [0.15, 0.2) is 30.3 Å². The van der Waals surface area contributed by atoms with E-state index in [1.54, 1.807) is 0 Å². The van der Waals surface area contributed by atoms with E-state index in [1.807, 2.05) is 37.3 Å². The Morgan fingerprint density at radius 3 is 2.64 bits per heavy atom. The van der Waals surface area contributed by atoms with E-state index in [0.29, 0.717) is 6.54 Å². The molecule has 3 nitrogen and oxygen atoms in total. The lowest BCUT2D eigenvalue weighted by atomic mass is 10.1. The Labute approximate surface area is 83.9 Å². The van der Waals surface area contributed by atoms with Crippen LogP contribution in [-0.4, -0.2) is 12.5 Å². The van der Waals surface area contributed by atoms with Crippen LogP contribution in [0.4, 0.5) is 0 Å². The third kappa shape index (κ3) is 3.18. The molecule has 0 radical (unpaired) electrons. The molecule has 1 atom stereocenters. The van der Waals surface area contributed by atoms with Gasteiger partial charge in [0.15, 0.2) is 0 Å². The van der Waals surface area contributed by atoms with Crippen LogP contribution in [0.25, 0.3) is 0 Å². The van der Waals surface area contributed by atoms with Gasteiger partial charge in [-0.15, -0.1) is 0 Å². The number of carbonyl (C=O) groups excluding carboxylic acids is 1. The highest BCUT2D eigenvalue weighted by atomic mass is 16.5. The number of rotatable bonds is 4. The molecule has 1 unspecified atom stereocenters. The van der Waals surface area contributed by atoms with E-state index >= 15 is 0 Å². The highest BCUT2D eigenvalue weighted by molar-refractivity contribution is 5.69.